The van der Waals surface area contributed by atoms with Crippen molar-refractivity contribution >= 4 is 27.6 Å². The number of carbonyl (C=O) groups is 1. The Morgan fingerprint density at radius 2 is 2.00 bits per heavy atom. The number of hydrogen-bond donors (Lipinski definition) is 2. The molecule has 20 heavy (non-hydrogen) atoms. The first-order valence-electron chi connectivity index (χ1n) is 7.05. The monoisotopic (exact) mass is 297 g/mol. The molecule has 110 valence electrons. The fraction of sp³-hybridized carbons (Fsp3) is 0.750. The predicted molar refractivity (Wildman–Crippen MR) is 77.4 cm³/mol. The molecule has 1 saturated carbocycles. The summed E-state index contributed by atoms with van der Waals surface area (Å²) in [6.07, 6.45) is 4.54. The molecule has 0 unspecified atom stereocenters. The van der Waals surface area contributed by atoms with Crippen LogP contribution in [-0.4, -0.2) is 48.6 Å². The van der Waals surface area contributed by atoms with Crippen molar-refractivity contribution in [3.05, 3.63) is 0 Å². The number of nitrogens with one attached hydrogen (secondary N) is 2. The third-order valence-corrected chi connectivity index (χ3v) is 4.51. The third-order valence-electron chi connectivity index (χ3n) is 3.61. The third kappa shape index (κ3) is 3.37. The molecule has 8 heteroatoms. The summed E-state index contributed by atoms with van der Waals surface area (Å²) in [5.74, 6) is 0. The Kier molecular flexibility index (Phi) is 4.31. The maximum absolute atomic E-state index is 11.8. The maximum Gasteiger partial charge on any atom is 0.321 e. The fourth-order valence-corrected chi connectivity index (χ4v) is 3.33. The molecule has 2 fully saturated rings. The maximum atomic E-state index is 11.8. The van der Waals surface area contributed by atoms with Crippen molar-refractivity contribution in [1.82, 2.24) is 15.5 Å². The molecule has 0 radical (unpaired) electrons. The Morgan fingerprint density at radius 3 is 2.75 bits per heavy atom. The minimum atomic E-state index is -0.179. The van der Waals surface area contributed by atoms with E-state index >= 15 is 0 Å². The highest BCUT2D eigenvalue weighted by Gasteiger charge is 2.19. The molecule has 1 aliphatic carbocycles. The quantitative estimate of drug-likeness (QED) is 0.882. The van der Waals surface area contributed by atoms with Gasteiger partial charge in [0, 0.05) is 19.1 Å². The molecule has 2 heterocycles. The van der Waals surface area contributed by atoms with Crippen molar-refractivity contribution < 1.29 is 9.53 Å². The topological polar surface area (TPSA) is 79.4 Å². The number of aromatic nitrogens is 2. The molecule has 1 saturated heterocycles. The van der Waals surface area contributed by atoms with Crippen LogP contribution in [0.1, 0.15) is 25.7 Å². The summed E-state index contributed by atoms with van der Waals surface area (Å²) in [5, 5.41) is 15.3. The molecule has 0 aromatic carbocycles. The Labute approximate surface area is 121 Å². The van der Waals surface area contributed by atoms with Crippen molar-refractivity contribution in [1.29, 1.82) is 0 Å². The molecule has 7 nitrogen and oxygen atoms in total. The zero-order valence-electron chi connectivity index (χ0n) is 11.3. The number of morpholine rings is 1. The first-order chi connectivity index (χ1) is 9.81. The molecule has 3 rings (SSSR count). The van der Waals surface area contributed by atoms with Gasteiger partial charge in [0.2, 0.25) is 10.3 Å². The fourth-order valence-electron chi connectivity index (χ4n) is 2.54. The normalized spacial score (nSPS) is 20.1. The minimum absolute atomic E-state index is 0.179. The molecule has 1 aromatic rings. The summed E-state index contributed by atoms with van der Waals surface area (Å²) in [6, 6.07) is 0.128. The van der Waals surface area contributed by atoms with Crippen LogP contribution in [-0.2, 0) is 4.74 Å². The van der Waals surface area contributed by atoms with Crippen LogP contribution in [0, 0.1) is 0 Å². The second-order valence-corrected chi connectivity index (χ2v) is 6.03. The first kappa shape index (κ1) is 13.6. The highest BCUT2D eigenvalue weighted by Crippen LogP contribution is 2.24. The zero-order chi connectivity index (χ0) is 13.8. The first-order valence-corrected chi connectivity index (χ1v) is 7.86. The van der Waals surface area contributed by atoms with Gasteiger partial charge in [0.15, 0.2) is 0 Å². The van der Waals surface area contributed by atoms with Crippen molar-refractivity contribution in [3.8, 4) is 0 Å². The van der Waals surface area contributed by atoms with E-state index in [1.54, 1.807) is 0 Å². The Morgan fingerprint density at radius 1 is 1.25 bits per heavy atom. The van der Waals surface area contributed by atoms with Crippen molar-refractivity contribution in [2.45, 2.75) is 31.7 Å². The van der Waals surface area contributed by atoms with E-state index in [0.29, 0.717) is 24.4 Å². The number of ether oxygens (including phenoxy) is 1. The summed E-state index contributed by atoms with van der Waals surface area (Å²) in [4.78, 5) is 14.0. The Hall–Kier alpha value is -1.41. The largest absolute Gasteiger partial charge is 0.378 e. The van der Waals surface area contributed by atoms with Gasteiger partial charge in [-0.15, -0.1) is 10.2 Å². The van der Waals surface area contributed by atoms with Gasteiger partial charge >= 0.3 is 6.03 Å². The lowest BCUT2D eigenvalue weighted by Gasteiger charge is -2.25. The lowest BCUT2D eigenvalue weighted by atomic mass is 10.3. The van der Waals surface area contributed by atoms with Crippen molar-refractivity contribution in [2.24, 2.45) is 0 Å². The summed E-state index contributed by atoms with van der Waals surface area (Å²) in [6.45, 7) is 3.07. The number of nitrogens with zero attached hydrogens (tertiary/aromatic N) is 3. The van der Waals surface area contributed by atoms with E-state index in [2.05, 4.69) is 25.7 Å². The number of rotatable bonds is 3. The van der Waals surface area contributed by atoms with Gasteiger partial charge in [0.1, 0.15) is 0 Å². The lowest BCUT2D eigenvalue weighted by Crippen LogP contribution is -2.36. The molecule has 0 atom stereocenters. The highest BCUT2D eigenvalue weighted by molar-refractivity contribution is 7.19. The van der Waals surface area contributed by atoms with Crippen LogP contribution < -0.4 is 15.5 Å². The molecule has 1 aliphatic heterocycles. The van der Waals surface area contributed by atoms with Crippen LogP contribution in [0.25, 0.3) is 0 Å². The predicted octanol–water partition coefficient (Wildman–Crippen LogP) is 1.44. The van der Waals surface area contributed by atoms with Gasteiger partial charge in [-0.1, -0.05) is 24.2 Å². The van der Waals surface area contributed by atoms with Gasteiger partial charge in [-0.2, -0.15) is 0 Å². The van der Waals surface area contributed by atoms with E-state index in [1.807, 2.05) is 0 Å². The number of hydrogen-bond acceptors (Lipinski definition) is 6. The SMILES string of the molecule is O=C(Nc1nnc(N2CCOCC2)s1)NC1CCCC1. The second-order valence-electron chi connectivity index (χ2n) is 5.07. The second kappa shape index (κ2) is 6.36. The Bertz CT molecular complexity index is 454. The van der Waals surface area contributed by atoms with Crippen LogP contribution in [0.4, 0.5) is 15.1 Å². The van der Waals surface area contributed by atoms with Gasteiger partial charge in [-0.25, -0.2) is 4.79 Å². The molecule has 2 amide bonds. The molecule has 1 aromatic heterocycles. The standard InChI is InChI=1S/C12H19N5O2S/c18-10(13-9-3-1-2-4-9)14-11-15-16-12(20-11)17-5-7-19-8-6-17/h9H,1-8H2,(H2,13,14,15,18). The van der Waals surface area contributed by atoms with Crippen LogP contribution in [0.5, 0.6) is 0 Å². The van der Waals surface area contributed by atoms with Crippen LogP contribution in [0.3, 0.4) is 0 Å². The van der Waals surface area contributed by atoms with Gasteiger partial charge < -0.3 is 15.0 Å². The van der Waals surface area contributed by atoms with E-state index < -0.39 is 0 Å². The lowest BCUT2D eigenvalue weighted by molar-refractivity contribution is 0.122. The van der Waals surface area contributed by atoms with Crippen molar-refractivity contribution in [3.63, 3.8) is 0 Å². The number of carbonyl (C=O) groups excluding carboxylic acids is 1. The van der Waals surface area contributed by atoms with Crippen LogP contribution in [0.2, 0.25) is 0 Å². The summed E-state index contributed by atoms with van der Waals surface area (Å²) >= 11 is 1.40. The molecular weight excluding hydrogens is 278 g/mol. The van der Waals surface area contributed by atoms with Gasteiger partial charge in [0.25, 0.3) is 0 Å². The molecule has 2 aliphatic rings. The van der Waals surface area contributed by atoms with Crippen molar-refractivity contribution in [2.75, 3.05) is 36.5 Å². The van der Waals surface area contributed by atoms with E-state index in [4.69, 9.17) is 4.74 Å². The highest BCUT2D eigenvalue weighted by atomic mass is 32.1. The minimum Gasteiger partial charge on any atom is -0.378 e. The van der Waals surface area contributed by atoms with Gasteiger partial charge in [-0.3, -0.25) is 5.32 Å². The van der Waals surface area contributed by atoms with E-state index in [-0.39, 0.29) is 6.03 Å². The van der Waals surface area contributed by atoms with E-state index in [1.165, 1.54) is 24.2 Å². The molecule has 2 N–H and O–H groups in total. The number of urea groups is 1. The summed E-state index contributed by atoms with van der Waals surface area (Å²) in [5.41, 5.74) is 0. The Balaban J connectivity index is 1.52. The van der Waals surface area contributed by atoms with Gasteiger partial charge in [0.05, 0.1) is 13.2 Å². The van der Waals surface area contributed by atoms with E-state index in [0.717, 1.165) is 31.1 Å². The summed E-state index contributed by atoms with van der Waals surface area (Å²) < 4.78 is 5.30. The zero-order valence-corrected chi connectivity index (χ0v) is 12.1. The molecule has 0 bridgehead atoms. The average Bonchev–Trinajstić information content (AvgIpc) is 3.11. The smallest absolute Gasteiger partial charge is 0.321 e. The van der Waals surface area contributed by atoms with E-state index in [9.17, 15) is 4.79 Å². The molecule has 0 spiro atoms. The summed E-state index contributed by atoms with van der Waals surface area (Å²) in [7, 11) is 0. The van der Waals surface area contributed by atoms with Crippen LogP contribution >= 0.6 is 11.3 Å². The molecular formula is C12H19N5O2S. The average molecular weight is 297 g/mol. The number of anilines is 2. The van der Waals surface area contributed by atoms with Crippen LogP contribution in [0.15, 0.2) is 0 Å². The number of amides is 2. The van der Waals surface area contributed by atoms with Gasteiger partial charge in [-0.05, 0) is 12.8 Å².